The van der Waals surface area contributed by atoms with Crippen LogP contribution in [-0.4, -0.2) is 54.2 Å². The van der Waals surface area contributed by atoms with Crippen molar-refractivity contribution >= 4 is 17.3 Å². The van der Waals surface area contributed by atoms with Gasteiger partial charge in [0.1, 0.15) is 18.5 Å². The third-order valence-electron chi connectivity index (χ3n) is 4.63. The van der Waals surface area contributed by atoms with Gasteiger partial charge in [0.2, 0.25) is 0 Å². The van der Waals surface area contributed by atoms with Crippen LogP contribution in [-0.2, 0) is 16.1 Å². The highest BCUT2D eigenvalue weighted by Crippen LogP contribution is 2.20. The summed E-state index contributed by atoms with van der Waals surface area (Å²) < 4.78 is 18.8. The maximum Gasteiger partial charge on any atom is 0.145 e. The summed E-state index contributed by atoms with van der Waals surface area (Å²) in [6, 6.07) is 13.9. The largest absolute Gasteiger partial charge is 0.390 e. The molecule has 0 bridgehead atoms. The molecule has 0 aromatic heterocycles. The van der Waals surface area contributed by atoms with Gasteiger partial charge in [-0.2, -0.15) is 0 Å². The van der Waals surface area contributed by atoms with Crippen molar-refractivity contribution in [2.75, 3.05) is 26.3 Å². The Balaban J connectivity index is 1.61. The monoisotopic (exact) mass is 430 g/mol. The summed E-state index contributed by atoms with van der Waals surface area (Å²) in [4.78, 5) is 7.63. The molecule has 1 N–H and O–H groups in total. The molecule has 0 radical (unpaired) electrons. The van der Waals surface area contributed by atoms with Gasteiger partial charge in [-0.1, -0.05) is 46.9 Å². The van der Waals surface area contributed by atoms with Crippen molar-refractivity contribution in [1.82, 2.24) is 4.90 Å². The summed E-state index contributed by atoms with van der Waals surface area (Å²) in [5, 5.41) is 15.2. The van der Waals surface area contributed by atoms with Gasteiger partial charge in [-0.25, -0.2) is 4.39 Å². The molecule has 0 amide bonds. The average Bonchev–Trinajstić information content (AvgIpc) is 3.17. The highest BCUT2D eigenvalue weighted by atomic mass is 35.5. The van der Waals surface area contributed by atoms with E-state index in [9.17, 15) is 9.50 Å². The molecule has 7 heteroatoms. The van der Waals surface area contributed by atoms with Crippen LogP contribution < -0.4 is 0 Å². The topological polar surface area (TPSA) is 54.3 Å². The van der Waals surface area contributed by atoms with E-state index in [2.05, 4.69) is 11.1 Å². The molecule has 1 aliphatic rings. The number of benzene rings is 2. The van der Waals surface area contributed by atoms with Crippen molar-refractivity contribution in [3.05, 3.63) is 70.5 Å². The first kappa shape index (κ1) is 22.3. The number of terminal acetylenes is 1. The molecule has 2 aromatic rings. The Kier molecular flexibility index (Phi) is 8.23. The summed E-state index contributed by atoms with van der Waals surface area (Å²) in [5.41, 5.74) is 2.62. The van der Waals surface area contributed by atoms with E-state index in [-0.39, 0.29) is 25.1 Å². The minimum atomic E-state index is -0.732. The molecule has 158 valence electrons. The molecule has 2 aromatic carbocycles. The zero-order chi connectivity index (χ0) is 21.3. The second kappa shape index (κ2) is 11.1. The fourth-order valence-corrected chi connectivity index (χ4v) is 3.45. The predicted molar refractivity (Wildman–Crippen MR) is 115 cm³/mol. The summed E-state index contributed by atoms with van der Waals surface area (Å²) >= 11 is 5.95. The lowest BCUT2D eigenvalue weighted by Crippen LogP contribution is -2.39. The molecule has 0 saturated carbocycles. The van der Waals surface area contributed by atoms with Crippen molar-refractivity contribution in [2.45, 2.75) is 25.2 Å². The van der Waals surface area contributed by atoms with Crippen LogP contribution in [0, 0.1) is 18.2 Å². The predicted octanol–water partition coefficient (Wildman–Crippen LogP) is 3.49. The van der Waals surface area contributed by atoms with Crippen molar-refractivity contribution in [1.29, 1.82) is 0 Å². The SMILES string of the molecule is C#CCOC[C@@H](O)CN(Cc1cccc(F)c1)C[C@H]1CC(c2ccc(Cl)cc2)=NO1. The first-order valence-electron chi connectivity index (χ1n) is 9.68. The quantitative estimate of drug-likeness (QED) is 0.463. The average molecular weight is 431 g/mol. The van der Waals surface area contributed by atoms with Crippen LogP contribution in [0.15, 0.2) is 53.7 Å². The Labute approximate surface area is 181 Å². The maximum absolute atomic E-state index is 13.6. The zero-order valence-corrected chi connectivity index (χ0v) is 17.3. The molecule has 0 fully saturated rings. The van der Waals surface area contributed by atoms with E-state index >= 15 is 0 Å². The number of hydrogen-bond donors (Lipinski definition) is 1. The highest BCUT2D eigenvalue weighted by Gasteiger charge is 2.26. The molecule has 0 saturated heterocycles. The molecule has 2 atom stereocenters. The molecule has 30 heavy (non-hydrogen) atoms. The summed E-state index contributed by atoms with van der Waals surface area (Å²) in [6.45, 7) is 1.58. The molecule has 0 aliphatic carbocycles. The minimum absolute atomic E-state index is 0.127. The number of aliphatic hydroxyl groups excluding tert-OH is 1. The second-order valence-electron chi connectivity index (χ2n) is 7.17. The van der Waals surface area contributed by atoms with Crippen LogP contribution in [0.5, 0.6) is 0 Å². The Bertz CT molecular complexity index is 898. The van der Waals surface area contributed by atoms with Crippen LogP contribution in [0.4, 0.5) is 4.39 Å². The van der Waals surface area contributed by atoms with Gasteiger partial charge in [-0.15, -0.1) is 6.42 Å². The van der Waals surface area contributed by atoms with E-state index in [4.69, 9.17) is 27.6 Å². The van der Waals surface area contributed by atoms with Crippen LogP contribution in [0.1, 0.15) is 17.5 Å². The van der Waals surface area contributed by atoms with Gasteiger partial charge < -0.3 is 14.7 Å². The summed E-state index contributed by atoms with van der Waals surface area (Å²) in [6.07, 6.45) is 4.89. The van der Waals surface area contributed by atoms with E-state index in [0.717, 1.165) is 16.8 Å². The fourth-order valence-electron chi connectivity index (χ4n) is 3.33. The van der Waals surface area contributed by atoms with Gasteiger partial charge in [0.25, 0.3) is 0 Å². The lowest BCUT2D eigenvalue weighted by atomic mass is 10.0. The van der Waals surface area contributed by atoms with Gasteiger partial charge in [-0.05, 0) is 35.4 Å². The third-order valence-corrected chi connectivity index (χ3v) is 4.88. The summed E-state index contributed by atoms with van der Waals surface area (Å²) in [5.74, 6) is 2.08. The summed E-state index contributed by atoms with van der Waals surface area (Å²) in [7, 11) is 0. The van der Waals surface area contributed by atoms with E-state index < -0.39 is 6.10 Å². The molecule has 1 heterocycles. The van der Waals surface area contributed by atoms with Crippen molar-refractivity contribution in [3.63, 3.8) is 0 Å². The number of hydrogen-bond acceptors (Lipinski definition) is 5. The molecule has 0 unspecified atom stereocenters. The van der Waals surface area contributed by atoms with Gasteiger partial charge in [-0.3, -0.25) is 4.90 Å². The molecule has 5 nitrogen and oxygen atoms in total. The first-order chi connectivity index (χ1) is 14.5. The van der Waals surface area contributed by atoms with Crippen LogP contribution in [0.2, 0.25) is 5.02 Å². The molecule has 1 aliphatic heterocycles. The van der Waals surface area contributed by atoms with Gasteiger partial charge in [0.05, 0.1) is 18.4 Å². The number of halogens is 2. The standard InChI is InChI=1S/C23H24ClFN2O3/c1-2-10-29-16-21(28)14-27(13-17-4-3-5-20(25)11-17)15-22-12-23(26-30-22)18-6-8-19(24)9-7-18/h1,3-9,11,21-22,28H,10,12-16H2/t21-,22+/m0/s1. The number of oxime groups is 1. The molecule has 0 spiro atoms. The van der Waals surface area contributed by atoms with E-state index in [0.29, 0.717) is 31.1 Å². The number of ether oxygens (including phenoxy) is 1. The Morgan fingerprint density at radius 2 is 2.13 bits per heavy atom. The second-order valence-corrected chi connectivity index (χ2v) is 7.61. The number of aliphatic hydroxyl groups is 1. The lowest BCUT2D eigenvalue weighted by Gasteiger charge is -2.27. The lowest BCUT2D eigenvalue weighted by molar-refractivity contribution is 0.00417. The van der Waals surface area contributed by atoms with E-state index in [1.54, 1.807) is 6.07 Å². The molecule has 3 rings (SSSR count). The Morgan fingerprint density at radius 1 is 1.33 bits per heavy atom. The molecular weight excluding hydrogens is 407 g/mol. The minimum Gasteiger partial charge on any atom is -0.390 e. The van der Waals surface area contributed by atoms with Crippen LogP contribution >= 0.6 is 11.6 Å². The van der Waals surface area contributed by atoms with Gasteiger partial charge >= 0.3 is 0 Å². The maximum atomic E-state index is 13.6. The van der Waals surface area contributed by atoms with E-state index in [1.165, 1.54) is 12.1 Å². The van der Waals surface area contributed by atoms with Crippen molar-refractivity contribution < 1.29 is 19.1 Å². The zero-order valence-electron chi connectivity index (χ0n) is 16.5. The normalized spacial score (nSPS) is 16.8. The van der Waals surface area contributed by atoms with Gasteiger partial charge in [0, 0.05) is 31.1 Å². The van der Waals surface area contributed by atoms with Crippen LogP contribution in [0.3, 0.4) is 0 Å². The fraction of sp³-hybridized carbons (Fsp3) is 0.348. The first-order valence-corrected chi connectivity index (χ1v) is 10.1. The van der Waals surface area contributed by atoms with Crippen LogP contribution in [0.25, 0.3) is 0 Å². The number of rotatable bonds is 10. The van der Waals surface area contributed by atoms with E-state index in [1.807, 2.05) is 35.2 Å². The Morgan fingerprint density at radius 3 is 2.87 bits per heavy atom. The smallest absolute Gasteiger partial charge is 0.145 e. The number of nitrogens with zero attached hydrogens (tertiary/aromatic N) is 2. The third kappa shape index (κ3) is 6.82. The van der Waals surface area contributed by atoms with Gasteiger partial charge in [0.15, 0.2) is 0 Å². The molecular formula is C23H24ClFN2O3. The Hall–Kier alpha value is -2.43. The van der Waals surface area contributed by atoms with Crippen molar-refractivity contribution in [2.24, 2.45) is 5.16 Å². The highest BCUT2D eigenvalue weighted by molar-refractivity contribution is 6.30. The van der Waals surface area contributed by atoms with Crippen molar-refractivity contribution in [3.8, 4) is 12.3 Å².